The highest BCUT2D eigenvalue weighted by molar-refractivity contribution is 5.69. The molecule has 0 aromatic carbocycles. The largest absolute Gasteiger partial charge is 0.354 e. The van der Waals surface area contributed by atoms with Gasteiger partial charge in [-0.1, -0.05) is 19.8 Å². The van der Waals surface area contributed by atoms with Gasteiger partial charge in [0.25, 0.3) is 0 Å². The number of anilines is 2. The molecule has 1 aliphatic rings. The molecule has 1 fully saturated rings. The number of hydrogen-bond acceptors (Lipinski definition) is 7. The minimum absolute atomic E-state index is 0.0550. The van der Waals surface area contributed by atoms with Crippen LogP contribution < -0.4 is 16.2 Å². The van der Waals surface area contributed by atoms with Crippen LogP contribution in [0.1, 0.15) is 39.0 Å². The van der Waals surface area contributed by atoms with E-state index in [1.807, 2.05) is 4.90 Å². The van der Waals surface area contributed by atoms with Crippen molar-refractivity contribution in [2.75, 3.05) is 23.4 Å². The van der Waals surface area contributed by atoms with Gasteiger partial charge in [-0.2, -0.15) is 0 Å². The minimum atomic E-state index is -0.473. The van der Waals surface area contributed by atoms with E-state index < -0.39 is 4.92 Å². The first kappa shape index (κ1) is 15.4. The molecule has 2 rings (SSSR count). The number of aromatic nitrogens is 2. The summed E-state index contributed by atoms with van der Waals surface area (Å²) < 4.78 is 0. The molecule has 8 heteroatoms. The molecular formula is C13H22N6O2. The molecule has 116 valence electrons. The first-order chi connectivity index (χ1) is 10.2. The fourth-order valence-corrected chi connectivity index (χ4v) is 2.95. The zero-order valence-electron chi connectivity index (χ0n) is 12.3. The Hall–Kier alpha value is -1.96. The van der Waals surface area contributed by atoms with Crippen LogP contribution in [-0.2, 0) is 0 Å². The summed E-state index contributed by atoms with van der Waals surface area (Å²) in [6, 6.07) is 0. The van der Waals surface area contributed by atoms with Crippen LogP contribution in [-0.4, -0.2) is 28.0 Å². The Kier molecular flexibility index (Phi) is 5.26. The lowest BCUT2D eigenvalue weighted by molar-refractivity contribution is -0.383. The lowest BCUT2D eigenvalue weighted by Crippen LogP contribution is -2.27. The number of rotatable bonds is 5. The summed E-state index contributed by atoms with van der Waals surface area (Å²) in [6.45, 7) is 3.76. The quantitative estimate of drug-likeness (QED) is 0.486. The minimum Gasteiger partial charge on any atom is -0.351 e. The van der Waals surface area contributed by atoms with E-state index in [0.29, 0.717) is 11.7 Å². The standard InChI is InChI=1S/C13H22N6O2/c1-2-4-10-5-3-7-18(8-6-10)13-11(19(20)21)12(17-14)15-9-16-13/h9-10H,2-8,14H2,1H3,(H,15,16,17). The smallest absolute Gasteiger partial charge is 0.351 e. The SMILES string of the molecule is CCCC1CCCN(c2ncnc(NN)c2[N+](=O)[O-])CC1. The van der Waals surface area contributed by atoms with Crippen LogP contribution in [0, 0.1) is 16.0 Å². The van der Waals surface area contributed by atoms with E-state index in [-0.39, 0.29) is 11.5 Å². The maximum atomic E-state index is 11.3. The van der Waals surface area contributed by atoms with Crippen molar-refractivity contribution in [3.05, 3.63) is 16.4 Å². The molecule has 0 radical (unpaired) electrons. The van der Waals surface area contributed by atoms with Gasteiger partial charge in [-0.15, -0.1) is 0 Å². The van der Waals surface area contributed by atoms with Crippen molar-refractivity contribution in [3.8, 4) is 0 Å². The van der Waals surface area contributed by atoms with Crippen LogP contribution in [0.5, 0.6) is 0 Å². The second kappa shape index (κ2) is 7.16. The molecule has 1 saturated heterocycles. The Bertz CT molecular complexity index is 496. The Morgan fingerprint density at radius 1 is 1.48 bits per heavy atom. The predicted octanol–water partition coefficient (Wildman–Crippen LogP) is 2.08. The fraction of sp³-hybridized carbons (Fsp3) is 0.692. The average Bonchev–Trinajstić information content (AvgIpc) is 2.72. The second-order valence-corrected chi connectivity index (χ2v) is 5.37. The molecule has 1 aromatic rings. The van der Waals surface area contributed by atoms with Gasteiger partial charge in [-0.05, 0) is 25.2 Å². The summed E-state index contributed by atoms with van der Waals surface area (Å²) in [5.74, 6) is 6.43. The zero-order chi connectivity index (χ0) is 15.2. The van der Waals surface area contributed by atoms with E-state index >= 15 is 0 Å². The summed E-state index contributed by atoms with van der Waals surface area (Å²) in [5.41, 5.74) is 2.14. The lowest BCUT2D eigenvalue weighted by atomic mass is 9.96. The Balaban J connectivity index is 2.23. The van der Waals surface area contributed by atoms with E-state index in [2.05, 4.69) is 22.3 Å². The van der Waals surface area contributed by atoms with Crippen molar-refractivity contribution < 1.29 is 4.92 Å². The van der Waals surface area contributed by atoms with Gasteiger partial charge >= 0.3 is 5.69 Å². The van der Waals surface area contributed by atoms with E-state index in [4.69, 9.17) is 5.84 Å². The molecule has 0 aliphatic carbocycles. The van der Waals surface area contributed by atoms with Crippen molar-refractivity contribution in [2.45, 2.75) is 39.0 Å². The monoisotopic (exact) mass is 294 g/mol. The zero-order valence-corrected chi connectivity index (χ0v) is 12.3. The number of hydrogen-bond donors (Lipinski definition) is 2. The Morgan fingerprint density at radius 2 is 2.29 bits per heavy atom. The molecule has 2 heterocycles. The van der Waals surface area contributed by atoms with E-state index in [1.54, 1.807) is 0 Å². The van der Waals surface area contributed by atoms with E-state index in [1.165, 1.54) is 25.6 Å². The number of nitrogens with two attached hydrogens (primary N) is 1. The molecule has 1 unspecified atom stereocenters. The third-order valence-electron chi connectivity index (χ3n) is 3.97. The third-order valence-corrected chi connectivity index (χ3v) is 3.97. The van der Waals surface area contributed by atoms with Crippen LogP contribution >= 0.6 is 0 Å². The number of hydrazine groups is 1. The van der Waals surface area contributed by atoms with E-state index in [9.17, 15) is 10.1 Å². The summed E-state index contributed by atoms with van der Waals surface area (Å²) >= 11 is 0. The molecule has 3 N–H and O–H groups in total. The first-order valence-electron chi connectivity index (χ1n) is 7.38. The predicted molar refractivity (Wildman–Crippen MR) is 81.0 cm³/mol. The van der Waals surface area contributed by atoms with Gasteiger partial charge in [0.15, 0.2) is 0 Å². The molecule has 0 bridgehead atoms. The highest BCUT2D eigenvalue weighted by atomic mass is 16.6. The highest BCUT2D eigenvalue weighted by Gasteiger charge is 2.28. The van der Waals surface area contributed by atoms with Gasteiger partial charge in [0, 0.05) is 13.1 Å². The molecule has 0 spiro atoms. The summed E-state index contributed by atoms with van der Waals surface area (Å²) in [4.78, 5) is 20.8. The van der Waals surface area contributed by atoms with Crippen LogP contribution in [0.3, 0.4) is 0 Å². The van der Waals surface area contributed by atoms with Crippen molar-refractivity contribution >= 4 is 17.3 Å². The Labute approximate surface area is 123 Å². The maximum absolute atomic E-state index is 11.3. The fourth-order valence-electron chi connectivity index (χ4n) is 2.95. The molecule has 21 heavy (non-hydrogen) atoms. The lowest BCUT2D eigenvalue weighted by Gasteiger charge is -2.21. The molecule has 0 amide bonds. The van der Waals surface area contributed by atoms with Gasteiger partial charge in [0.2, 0.25) is 11.6 Å². The van der Waals surface area contributed by atoms with Gasteiger partial charge < -0.3 is 10.3 Å². The van der Waals surface area contributed by atoms with Crippen molar-refractivity contribution in [1.29, 1.82) is 0 Å². The van der Waals surface area contributed by atoms with Crippen LogP contribution in [0.2, 0.25) is 0 Å². The average molecular weight is 294 g/mol. The normalized spacial score (nSPS) is 19.1. The molecule has 1 aliphatic heterocycles. The molecule has 1 aromatic heterocycles. The van der Waals surface area contributed by atoms with Crippen LogP contribution in [0.15, 0.2) is 6.33 Å². The van der Waals surface area contributed by atoms with Crippen LogP contribution in [0.4, 0.5) is 17.3 Å². The Morgan fingerprint density at radius 3 is 2.95 bits per heavy atom. The molecule has 0 saturated carbocycles. The summed E-state index contributed by atoms with van der Waals surface area (Å²) in [7, 11) is 0. The van der Waals surface area contributed by atoms with E-state index in [0.717, 1.165) is 25.9 Å². The number of nitrogens with one attached hydrogen (secondary N) is 1. The number of nitrogen functional groups attached to an aromatic ring is 1. The molecule has 8 nitrogen and oxygen atoms in total. The molecular weight excluding hydrogens is 272 g/mol. The number of nitro groups is 1. The van der Waals surface area contributed by atoms with Gasteiger partial charge in [0.1, 0.15) is 6.33 Å². The van der Waals surface area contributed by atoms with Gasteiger partial charge in [-0.3, -0.25) is 10.1 Å². The van der Waals surface area contributed by atoms with Crippen molar-refractivity contribution in [1.82, 2.24) is 9.97 Å². The maximum Gasteiger partial charge on any atom is 0.354 e. The first-order valence-corrected chi connectivity index (χ1v) is 7.38. The number of nitrogens with zero attached hydrogens (tertiary/aromatic N) is 4. The van der Waals surface area contributed by atoms with Crippen molar-refractivity contribution in [3.63, 3.8) is 0 Å². The summed E-state index contributed by atoms with van der Waals surface area (Å²) in [5, 5.41) is 11.3. The highest BCUT2D eigenvalue weighted by Crippen LogP contribution is 2.33. The van der Waals surface area contributed by atoms with Crippen molar-refractivity contribution in [2.24, 2.45) is 11.8 Å². The van der Waals surface area contributed by atoms with Gasteiger partial charge in [0.05, 0.1) is 4.92 Å². The van der Waals surface area contributed by atoms with Crippen LogP contribution in [0.25, 0.3) is 0 Å². The van der Waals surface area contributed by atoms with Gasteiger partial charge in [-0.25, -0.2) is 15.8 Å². The summed E-state index contributed by atoms with van der Waals surface area (Å²) in [6.07, 6.45) is 6.95. The third kappa shape index (κ3) is 3.57. The second-order valence-electron chi connectivity index (χ2n) is 5.37. The topological polar surface area (TPSA) is 110 Å². The molecule has 1 atom stereocenters.